The largest absolute Gasteiger partial charge is 0.417 e. The Bertz CT molecular complexity index is 1570. The average molecular weight is 541 g/mol. The molecular weight excluding hydrogens is 525 g/mol. The van der Waals surface area contributed by atoms with Crippen LogP contribution in [0.2, 0.25) is 0 Å². The van der Waals surface area contributed by atoms with Crippen molar-refractivity contribution in [2.24, 2.45) is 5.14 Å². The van der Waals surface area contributed by atoms with Gasteiger partial charge in [-0.3, -0.25) is 5.32 Å². The van der Waals surface area contributed by atoms with Gasteiger partial charge in [0, 0.05) is 11.3 Å². The zero-order valence-electron chi connectivity index (χ0n) is 18.4. The number of benzene rings is 2. The number of nitrogens with one attached hydrogen (secondary N) is 1. The number of alkyl halides is 5. The molecule has 0 fully saturated rings. The predicted molar refractivity (Wildman–Crippen MR) is 121 cm³/mol. The summed E-state index contributed by atoms with van der Waals surface area (Å²) in [5, 5.41) is 11.2. The maximum absolute atomic E-state index is 13.7. The molecule has 0 saturated carbocycles. The van der Waals surface area contributed by atoms with Gasteiger partial charge in [0.25, 0.3) is 6.43 Å². The number of rotatable bonds is 6. The number of nitrogens with zero attached hydrogens (tertiary/aromatic N) is 3. The van der Waals surface area contributed by atoms with E-state index in [-0.39, 0.29) is 28.3 Å². The highest BCUT2D eigenvalue weighted by atomic mass is 32.2. The number of aromatic nitrogens is 3. The molecule has 0 aliphatic heterocycles. The topological polar surface area (TPSA) is 129 Å². The zero-order valence-corrected chi connectivity index (χ0v) is 19.2. The Labute approximate surface area is 205 Å². The summed E-state index contributed by atoms with van der Waals surface area (Å²) in [6, 6.07) is 10.4. The molecule has 0 unspecified atom stereocenters. The molecule has 0 bridgehead atoms. The molecule has 2 aromatic heterocycles. The fourth-order valence-corrected chi connectivity index (χ4v) is 4.03. The van der Waals surface area contributed by atoms with E-state index in [1.165, 1.54) is 24.3 Å². The highest BCUT2D eigenvalue weighted by molar-refractivity contribution is 7.88. The maximum atomic E-state index is 13.7. The van der Waals surface area contributed by atoms with Gasteiger partial charge in [0.05, 0.1) is 23.2 Å². The molecule has 2 aromatic carbocycles. The Morgan fingerprint density at radius 3 is 2.43 bits per heavy atom. The second kappa shape index (κ2) is 9.74. The molecule has 0 spiro atoms. The van der Waals surface area contributed by atoms with Crippen molar-refractivity contribution in [2.75, 3.05) is 5.32 Å². The molecule has 0 aliphatic rings. The predicted octanol–water partition coefficient (Wildman–Crippen LogP) is 4.75. The number of nitrogens with two attached hydrogens (primary N) is 1. The van der Waals surface area contributed by atoms with Gasteiger partial charge < -0.3 is 4.74 Å². The third-order valence-electron chi connectivity index (χ3n) is 4.94. The molecule has 15 heteroatoms. The van der Waals surface area contributed by atoms with Gasteiger partial charge in [-0.2, -0.15) is 18.3 Å². The number of primary sulfonamides is 1. The van der Waals surface area contributed by atoms with Crippen LogP contribution in [-0.2, 0) is 22.0 Å². The summed E-state index contributed by atoms with van der Waals surface area (Å²) in [6.45, 7) is 0. The number of carbonyl (C=O) groups excluding carboxylic acids is 1. The number of amides is 1. The first-order valence-corrected chi connectivity index (χ1v) is 11.9. The Morgan fingerprint density at radius 1 is 1.11 bits per heavy atom. The molecule has 0 saturated heterocycles. The van der Waals surface area contributed by atoms with Gasteiger partial charge in [0.2, 0.25) is 10.0 Å². The molecule has 1 amide bonds. The van der Waals surface area contributed by atoms with Crippen LogP contribution in [0.5, 0.6) is 5.75 Å². The van der Waals surface area contributed by atoms with Crippen molar-refractivity contribution in [1.82, 2.24) is 14.6 Å². The fraction of sp³-hybridized carbons (Fsp3) is 0.136. The van der Waals surface area contributed by atoms with E-state index in [1.54, 1.807) is 0 Å². The molecule has 0 radical (unpaired) electrons. The van der Waals surface area contributed by atoms with Crippen LogP contribution in [0.1, 0.15) is 23.2 Å². The number of hydrogen-bond acceptors (Lipinski definition) is 6. The van der Waals surface area contributed by atoms with Crippen molar-refractivity contribution in [3.63, 3.8) is 0 Å². The molecule has 9 nitrogen and oxygen atoms in total. The Morgan fingerprint density at radius 2 is 1.81 bits per heavy atom. The van der Waals surface area contributed by atoms with E-state index in [4.69, 9.17) is 9.88 Å². The molecule has 0 aliphatic carbocycles. The van der Waals surface area contributed by atoms with Crippen LogP contribution in [0, 0.1) is 0 Å². The minimum absolute atomic E-state index is 0.0991. The summed E-state index contributed by atoms with van der Waals surface area (Å²) < 4.78 is 94.5. The van der Waals surface area contributed by atoms with Gasteiger partial charge in [-0.05, 0) is 35.9 Å². The number of sulfonamides is 1. The maximum Gasteiger partial charge on any atom is 0.417 e. The minimum atomic E-state index is -4.58. The van der Waals surface area contributed by atoms with E-state index in [2.05, 4.69) is 15.4 Å². The standard InChI is InChI=1S/C22H16F5N5O4S/c23-19(24)17-9-16(13-4-6-14(7-5-13)22(25,26)27)31-20-18(10-29-32(17)20)36-21(33)30-15-3-1-2-12(8-15)11-37(28,34)35/h1-10,19H,11H2,(H,30,33)(H2,28,34,35). The quantitative estimate of drug-likeness (QED) is 0.339. The first kappa shape index (κ1) is 26.0. The van der Waals surface area contributed by atoms with Crippen LogP contribution >= 0.6 is 0 Å². The Kier molecular flexibility index (Phi) is 6.84. The summed E-state index contributed by atoms with van der Waals surface area (Å²) in [4.78, 5) is 16.6. The van der Waals surface area contributed by atoms with Gasteiger partial charge in [0.1, 0.15) is 5.69 Å². The SMILES string of the molecule is NS(=O)(=O)Cc1cccc(NC(=O)Oc2cnn3c(C(F)F)cc(-c4ccc(C(F)(F)F)cc4)nc23)c1. The summed E-state index contributed by atoms with van der Waals surface area (Å²) in [7, 11) is -3.82. The van der Waals surface area contributed by atoms with E-state index in [0.29, 0.717) is 5.56 Å². The number of anilines is 1. The van der Waals surface area contributed by atoms with E-state index < -0.39 is 45.7 Å². The van der Waals surface area contributed by atoms with Gasteiger partial charge in [0.15, 0.2) is 11.4 Å². The van der Waals surface area contributed by atoms with Crippen LogP contribution in [0.3, 0.4) is 0 Å². The lowest BCUT2D eigenvalue weighted by Crippen LogP contribution is -2.17. The number of halogens is 5. The second-order valence-corrected chi connectivity index (χ2v) is 9.32. The van der Waals surface area contributed by atoms with E-state index in [9.17, 15) is 35.2 Å². The number of fused-ring (bicyclic) bond motifs is 1. The highest BCUT2D eigenvalue weighted by Crippen LogP contribution is 2.33. The first-order chi connectivity index (χ1) is 17.3. The van der Waals surface area contributed by atoms with Crippen molar-refractivity contribution in [3.05, 3.63) is 77.6 Å². The number of hydrogen-bond donors (Lipinski definition) is 2. The Balaban J connectivity index is 1.63. The summed E-state index contributed by atoms with van der Waals surface area (Å²) in [5.41, 5.74) is -1.38. The third-order valence-corrected chi connectivity index (χ3v) is 5.68. The highest BCUT2D eigenvalue weighted by Gasteiger charge is 2.30. The average Bonchev–Trinajstić information content (AvgIpc) is 3.19. The number of ether oxygens (including phenoxy) is 1. The normalized spacial score (nSPS) is 12.2. The minimum Gasteiger partial charge on any atom is -0.404 e. The molecule has 37 heavy (non-hydrogen) atoms. The lowest BCUT2D eigenvalue weighted by Gasteiger charge is -2.10. The summed E-state index contributed by atoms with van der Waals surface area (Å²) in [6.07, 6.45) is -7.71. The monoisotopic (exact) mass is 541 g/mol. The third kappa shape index (κ3) is 6.18. The molecule has 4 rings (SSSR count). The molecule has 194 valence electrons. The smallest absolute Gasteiger partial charge is 0.404 e. The van der Waals surface area contributed by atoms with Gasteiger partial charge in [-0.25, -0.2) is 36.6 Å². The van der Waals surface area contributed by atoms with Gasteiger partial charge in [-0.15, -0.1) is 0 Å². The van der Waals surface area contributed by atoms with Crippen molar-refractivity contribution < 1.29 is 39.9 Å². The summed E-state index contributed by atoms with van der Waals surface area (Å²) in [5.74, 6) is -0.785. The fourth-order valence-electron chi connectivity index (χ4n) is 3.39. The van der Waals surface area contributed by atoms with Crippen molar-refractivity contribution >= 4 is 27.5 Å². The van der Waals surface area contributed by atoms with Crippen molar-refractivity contribution in [2.45, 2.75) is 18.4 Å². The van der Waals surface area contributed by atoms with Crippen molar-refractivity contribution in [1.29, 1.82) is 0 Å². The lowest BCUT2D eigenvalue weighted by atomic mass is 10.1. The molecular formula is C22H16F5N5O4S. The van der Waals surface area contributed by atoms with Gasteiger partial charge in [-0.1, -0.05) is 24.3 Å². The van der Waals surface area contributed by atoms with E-state index >= 15 is 0 Å². The zero-order chi connectivity index (χ0) is 27.0. The lowest BCUT2D eigenvalue weighted by molar-refractivity contribution is -0.137. The van der Waals surface area contributed by atoms with Crippen LogP contribution in [0.25, 0.3) is 16.9 Å². The van der Waals surface area contributed by atoms with E-state index in [0.717, 1.165) is 41.0 Å². The molecule has 0 atom stereocenters. The van der Waals surface area contributed by atoms with Crippen LogP contribution in [0.4, 0.5) is 32.4 Å². The Hall–Kier alpha value is -4.11. The van der Waals surface area contributed by atoms with Crippen LogP contribution in [0.15, 0.2) is 60.8 Å². The van der Waals surface area contributed by atoms with Crippen LogP contribution < -0.4 is 15.2 Å². The number of carbonyl (C=O) groups is 1. The molecule has 4 aromatic rings. The van der Waals surface area contributed by atoms with Gasteiger partial charge >= 0.3 is 12.3 Å². The van der Waals surface area contributed by atoms with Crippen LogP contribution in [-0.4, -0.2) is 29.1 Å². The van der Waals surface area contributed by atoms with Crippen molar-refractivity contribution in [3.8, 4) is 17.0 Å². The van der Waals surface area contributed by atoms with E-state index in [1.807, 2.05) is 0 Å². The first-order valence-electron chi connectivity index (χ1n) is 10.2. The molecule has 2 heterocycles. The second-order valence-electron chi connectivity index (χ2n) is 7.71. The molecule has 3 N–H and O–H groups in total. The summed E-state index contributed by atoms with van der Waals surface area (Å²) >= 11 is 0.